The summed E-state index contributed by atoms with van der Waals surface area (Å²) in [5.74, 6) is -1.55. The molecule has 23 N–H and O–H groups in total. The minimum Gasteiger partial charge on any atom is -0.394 e. The summed E-state index contributed by atoms with van der Waals surface area (Å²) in [6.07, 6.45) is -64.6. The topological polar surface area (TPSA) is 603 Å². The van der Waals surface area contributed by atoms with Crippen molar-refractivity contribution in [2.45, 2.75) is 229 Å². The first-order chi connectivity index (χ1) is 39.7. The zero-order chi connectivity index (χ0) is 61.9. The van der Waals surface area contributed by atoms with Gasteiger partial charge in [-0.15, -0.1) is 0 Å². The van der Waals surface area contributed by atoms with E-state index in [9.17, 15) is 117 Å². The molecule has 488 valence electrons. The number of rotatable bonds is 21. The van der Waals surface area contributed by atoms with Gasteiger partial charge in [0.1, 0.15) is 171 Å². The molecule has 0 aromatic heterocycles. The number of nitrogens with one attached hydrogen (secondary N) is 2. The predicted octanol–water partition coefficient (Wildman–Crippen LogP) is -16.0. The summed E-state index contributed by atoms with van der Waals surface area (Å²) in [6.45, 7) is -4.68. The van der Waals surface area contributed by atoms with Crippen molar-refractivity contribution < 1.29 is 178 Å². The van der Waals surface area contributed by atoms with E-state index in [4.69, 9.17) is 61.6 Å². The number of amides is 2. The van der Waals surface area contributed by atoms with Gasteiger partial charge in [0, 0.05) is 13.8 Å². The molecule has 38 heteroatoms. The Morgan fingerprint density at radius 2 is 0.643 bits per heavy atom. The standard InChI is InChI=1S/C46H78N2O36/c1-10(54)47-19-26(61)36(15(6-52)74-40(19)71)81-41-20(48-11(2)55)27(62)37(16(7-53)78-41)82-45-34(69)30(65)24(59)17(80-45)8-73-43-35(70)38(25(60)18(79-43)9-72-42-32(67)28(63)21(56)12(3-49)75-42)83-46-39(31(66)23(58)14(5-51)77-46)84-44-33(68)29(64)22(57)13(4-50)76-44/h12-46,49-53,56-71H,3-9H2,1-2H3,(H,47,54)(H,48,55)/t12-,13-,14-,15-,16-,17-,18-,19-,20-,21-,22-,23-,24-,25-,26-,27-,28+,29+,30+,31+,32+,33+,34+,35+,36-,37-,38+,39+,40-,41+,42+,43+,44-,45+,46-/m1/s1. The molecule has 38 nitrogen and oxygen atoms in total. The average Bonchev–Trinajstić information content (AvgIpc) is 3.60. The van der Waals surface area contributed by atoms with Crippen LogP contribution in [0, 0.1) is 0 Å². The molecule has 0 radical (unpaired) electrons. The van der Waals surface area contributed by atoms with Gasteiger partial charge in [-0.2, -0.15) is 0 Å². The summed E-state index contributed by atoms with van der Waals surface area (Å²) < 4.78 is 74.2. The largest absolute Gasteiger partial charge is 0.394 e. The van der Waals surface area contributed by atoms with Gasteiger partial charge in [0.25, 0.3) is 0 Å². The second kappa shape index (κ2) is 29.9. The smallest absolute Gasteiger partial charge is 0.217 e. The van der Waals surface area contributed by atoms with Crippen molar-refractivity contribution in [1.29, 1.82) is 0 Å². The summed E-state index contributed by atoms with van der Waals surface area (Å²) in [7, 11) is 0. The molecule has 7 rings (SSSR count). The van der Waals surface area contributed by atoms with Crippen molar-refractivity contribution >= 4 is 11.8 Å². The molecule has 0 aliphatic carbocycles. The highest BCUT2D eigenvalue weighted by atomic mass is 16.8. The van der Waals surface area contributed by atoms with E-state index in [0.717, 1.165) is 13.8 Å². The lowest BCUT2D eigenvalue weighted by Gasteiger charge is -2.49. The molecule has 0 bridgehead atoms. The second-order valence-electron chi connectivity index (χ2n) is 21.1. The molecule has 7 aliphatic heterocycles. The third-order valence-electron chi connectivity index (χ3n) is 15.3. The van der Waals surface area contributed by atoms with Crippen molar-refractivity contribution in [3.8, 4) is 0 Å². The fraction of sp³-hybridized carbons (Fsp3) is 0.957. The van der Waals surface area contributed by atoms with Crippen LogP contribution >= 0.6 is 0 Å². The van der Waals surface area contributed by atoms with Crippen LogP contribution in [0.3, 0.4) is 0 Å². The first-order valence-corrected chi connectivity index (χ1v) is 26.6. The molecule has 0 saturated carbocycles. The number of carbonyl (C=O) groups excluding carboxylic acids is 2. The zero-order valence-electron chi connectivity index (χ0n) is 44.7. The molecule has 0 aromatic carbocycles. The number of hydrogen-bond acceptors (Lipinski definition) is 36. The van der Waals surface area contributed by atoms with Crippen molar-refractivity contribution in [2.75, 3.05) is 46.2 Å². The lowest BCUT2D eigenvalue weighted by Crippen LogP contribution is -2.70. The molecule has 35 atom stereocenters. The Morgan fingerprint density at radius 1 is 0.310 bits per heavy atom. The van der Waals surface area contributed by atoms with Crippen LogP contribution in [-0.2, 0) is 71.2 Å². The highest BCUT2D eigenvalue weighted by molar-refractivity contribution is 5.73. The highest BCUT2D eigenvalue weighted by Crippen LogP contribution is 2.37. The van der Waals surface area contributed by atoms with Gasteiger partial charge in [0.05, 0.1) is 46.2 Å². The first kappa shape index (κ1) is 69.1. The predicted molar refractivity (Wildman–Crippen MR) is 255 cm³/mol. The Bertz CT molecular complexity index is 2060. The van der Waals surface area contributed by atoms with E-state index in [1.807, 2.05) is 0 Å². The van der Waals surface area contributed by atoms with E-state index in [1.54, 1.807) is 0 Å². The Hall–Kier alpha value is -2.42. The summed E-state index contributed by atoms with van der Waals surface area (Å²) in [5.41, 5.74) is 0. The van der Waals surface area contributed by atoms with Gasteiger partial charge in [0.15, 0.2) is 44.0 Å². The Kier molecular flexibility index (Phi) is 24.6. The Labute approximate surface area is 475 Å². The van der Waals surface area contributed by atoms with Crippen molar-refractivity contribution in [1.82, 2.24) is 10.6 Å². The van der Waals surface area contributed by atoms with Gasteiger partial charge in [-0.1, -0.05) is 0 Å². The van der Waals surface area contributed by atoms with Crippen LogP contribution in [0.1, 0.15) is 13.8 Å². The monoisotopic (exact) mass is 1230 g/mol. The molecule has 0 spiro atoms. The van der Waals surface area contributed by atoms with Crippen LogP contribution in [0.15, 0.2) is 0 Å². The minimum atomic E-state index is -2.30. The lowest BCUT2D eigenvalue weighted by atomic mass is 9.94. The van der Waals surface area contributed by atoms with Gasteiger partial charge in [-0.3, -0.25) is 9.59 Å². The van der Waals surface area contributed by atoms with E-state index in [2.05, 4.69) is 10.6 Å². The van der Waals surface area contributed by atoms with Crippen LogP contribution in [0.25, 0.3) is 0 Å². The number of aliphatic hydroxyl groups excluding tert-OH is 21. The van der Waals surface area contributed by atoms with Gasteiger partial charge < -0.3 is 179 Å². The van der Waals surface area contributed by atoms with Crippen LogP contribution < -0.4 is 10.6 Å². The summed E-state index contributed by atoms with van der Waals surface area (Å²) in [4.78, 5) is 24.4. The molecule has 0 unspecified atom stereocenters. The number of hydrogen-bond donors (Lipinski definition) is 23. The normalized spacial score (nSPS) is 50.3. The number of carbonyl (C=O) groups is 2. The summed E-state index contributed by atoms with van der Waals surface area (Å²) >= 11 is 0. The van der Waals surface area contributed by atoms with E-state index in [0.29, 0.717) is 0 Å². The SMILES string of the molecule is CC(=O)N[C@@H]1[C@@H](O)[C@H](O[C@@H]2O[C@H](CO)[C@@H](O[C@@H]3O[C@H](CO[C@H]4O[C@H](CO[C@H]5O[C@H](CO)[C@@H](O)[C@H](O)[C@@H]5O)[C@@H](O)[C@H](O[C@H]5O[C@H](CO)[C@@H](O)[C@H](O)[C@@H]5O[C@H]5O[C@H](CO)[C@@H](O)[C@H](O)[C@@H]5O)[C@@H]4O)[C@@H](O)[C@H](O)[C@@H]3O)[C@H](O)[C@H]2NC(C)=O)[C@@H](CO)O[C@H]1O. The Morgan fingerprint density at radius 3 is 1.14 bits per heavy atom. The molecular weight excluding hydrogens is 1160 g/mol. The van der Waals surface area contributed by atoms with Gasteiger partial charge in [-0.25, -0.2) is 0 Å². The van der Waals surface area contributed by atoms with E-state index >= 15 is 0 Å². The molecule has 2 amide bonds. The molecule has 0 aromatic rings. The molecule has 7 aliphatic rings. The molecule has 84 heavy (non-hydrogen) atoms. The van der Waals surface area contributed by atoms with Gasteiger partial charge in [0.2, 0.25) is 11.8 Å². The van der Waals surface area contributed by atoms with Gasteiger partial charge in [-0.05, 0) is 0 Å². The van der Waals surface area contributed by atoms with Crippen molar-refractivity contribution in [2.24, 2.45) is 0 Å². The van der Waals surface area contributed by atoms with Crippen molar-refractivity contribution in [3.05, 3.63) is 0 Å². The molecule has 7 fully saturated rings. The number of aliphatic hydroxyl groups is 21. The quantitative estimate of drug-likeness (QED) is 0.0507. The fourth-order valence-electron chi connectivity index (χ4n) is 10.6. The lowest BCUT2D eigenvalue weighted by molar-refractivity contribution is -0.393. The van der Waals surface area contributed by atoms with Crippen LogP contribution in [0.2, 0.25) is 0 Å². The minimum absolute atomic E-state index is 0.721. The number of ether oxygens (including phenoxy) is 13. The highest BCUT2D eigenvalue weighted by Gasteiger charge is 2.58. The van der Waals surface area contributed by atoms with E-state index in [1.165, 1.54) is 0 Å². The molecule has 7 heterocycles. The fourth-order valence-corrected chi connectivity index (χ4v) is 10.6. The molecule has 7 saturated heterocycles. The Balaban J connectivity index is 1.11. The van der Waals surface area contributed by atoms with Gasteiger partial charge >= 0.3 is 0 Å². The second-order valence-corrected chi connectivity index (χ2v) is 21.1. The van der Waals surface area contributed by atoms with E-state index < -0.39 is 273 Å². The van der Waals surface area contributed by atoms with E-state index in [-0.39, 0.29) is 0 Å². The third-order valence-corrected chi connectivity index (χ3v) is 15.3. The third kappa shape index (κ3) is 14.9. The summed E-state index contributed by atoms with van der Waals surface area (Å²) in [5, 5.41) is 231. The maximum atomic E-state index is 12.5. The van der Waals surface area contributed by atoms with Crippen LogP contribution in [-0.4, -0.2) is 380 Å². The zero-order valence-corrected chi connectivity index (χ0v) is 44.7. The average molecular weight is 1240 g/mol. The summed E-state index contributed by atoms with van der Waals surface area (Å²) in [6, 6.07) is -3.27. The van der Waals surface area contributed by atoms with Crippen molar-refractivity contribution in [3.63, 3.8) is 0 Å². The van der Waals surface area contributed by atoms with Crippen LogP contribution in [0.4, 0.5) is 0 Å². The molecular formula is C46H78N2O36. The van der Waals surface area contributed by atoms with Crippen LogP contribution in [0.5, 0.6) is 0 Å². The maximum Gasteiger partial charge on any atom is 0.217 e. The first-order valence-electron chi connectivity index (χ1n) is 26.6. The maximum absolute atomic E-state index is 12.5.